The Balaban J connectivity index is 2.19. The largest absolute Gasteiger partial charge is 0.310 e. The van der Waals surface area contributed by atoms with E-state index in [-0.39, 0.29) is 28.5 Å². The molecule has 2 aromatic rings. The number of anilines is 1. The van der Waals surface area contributed by atoms with Crippen LogP contribution in [0.15, 0.2) is 23.0 Å². The molecule has 0 spiro atoms. The number of aromatic nitrogens is 2. The highest BCUT2D eigenvalue weighted by atomic mass is 35.5. The van der Waals surface area contributed by atoms with Gasteiger partial charge in [0.05, 0.1) is 22.6 Å². The van der Waals surface area contributed by atoms with E-state index in [1.807, 2.05) is 6.07 Å². The van der Waals surface area contributed by atoms with E-state index in [9.17, 15) is 9.59 Å². The molecule has 1 aromatic carbocycles. The summed E-state index contributed by atoms with van der Waals surface area (Å²) in [5.41, 5.74) is 1.11. The van der Waals surface area contributed by atoms with Crippen molar-refractivity contribution in [1.82, 2.24) is 9.78 Å². The average Bonchev–Trinajstić information content (AvgIpc) is 2.76. The zero-order chi connectivity index (χ0) is 18.1. The van der Waals surface area contributed by atoms with Crippen LogP contribution in [0.5, 0.6) is 0 Å². The zero-order valence-corrected chi connectivity index (χ0v) is 16.3. The number of rotatable bonds is 4. The van der Waals surface area contributed by atoms with Crippen LogP contribution >= 0.6 is 35.0 Å². The second-order valence-electron chi connectivity index (χ2n) is 5.95. The number of aromatic amines is 1. The van der Waals surface area contributed by atoms with Gasteiger partial charge < -0.3 is 5.32 Å². The monoisotopic (exact) mass is 399 g/mol. The number of H-pyrrole nitrogens is 1. The number of carbonyl (C=O) groups is 1. The summed E-state index contributed by atoms with van der Waals surface area (Å²) in [5.74, 6) is 0.669. The summed E-state index contributed by atoms with van der Waals surface area (Å²) >= 11 is 13.8. The average molecular weight is 400 g/mol. The Hall–Kier alpha value is -1.37. The van der Waals surface area contributed by atoms with Crippen LogP contribution in [0, 0.1) is 0 Å². The van der Waals surface area contributed by atoms with Gasteiger partial charge in [0.15, 0.2) is 0 Å². The van der Waals surface area contributed by atoms with E-state index in [1.54, 1.807) is 16.8 Å². The second kappa shape index (κ2) is 7.48. The molecule has 5 nitrogen and oxygen atoms in total. The van der Waals surface area contributed by atoms with Crippen LogP contribution < -0.4 is 10.9 Å². The van der Waals surface area contributed by atoms with E-state index in [1.165, 1.54) is 11.8 Å². The SMILES string of the molecule is CCC(CC)n1[nH]c(=O)c2c1NC(=O)CSC2c1ccc(Cl)cc1Cl. The number of carbonyl (C=O) groups excluding carboxylic acids is 1. The minimum Gasteiger partial charge on any atom is -0.310 e. The number of thioether (sulfide) groups is 1. The van der Waals surface area contributed by atoms with Crippen LogP contribution in [0.1, 0.15) is 49.1 Å². The first-order valence-electron chi connectivity index (χ1n) is 8.17. The Labute approximate surface area is 160 Å². The fourth-order valence-corrected chi connectivity index (χ4v) is 4.87. The third kappa shape index (κ3) is 3.48. The van der Waals surface area contributed by atoms with E-state index in [0.29, 0.717) is 21.4 Å². The summed E-state index contributed by atoms with van der Waals surface area (Å²) < 4.78 is 1.79. The standard InChI is InChI=1S/C17H19Cl2N3O2S/c1-3-10(4-2)22-16-14(17(24)21-22)15(25-8-13(23)20-16)11-6-5-9(18)7-12(11)19/h5-7,10,15H,3-4,8H2,1-2H3,(H,20,23)(H,21,24). The van der Waals surface area contributed by atoms with E-state index in [2.05, 4.69) is 24.3 Å². The number of hydrogen-bond acceptors (Lipinski definition) is 3. The summed E-state index contributed by atoms with van der Waals surface area (Å²) in [5, 5.41) is 6.48. The van der Waals surface area contributed by atoms with Crippen molar-refractivity contribution in [2.24, 2.45) is 0 Å². The van der Waals surface area contributed by atoms with Gasteiger partial charge in [-0.2, -0.15) is 0 Å². The van der Waals surface area contributed by atoms with Crippen LogP contribution in [-0.2, 0) is 4.79 Å². The van der Waals surface area contributed by atoms with E-state index >= 15 is 0 Å². The Morgan fingerprint density at radius 2 is 2.00 bits per heavy atom. The Bertz CT molecular complexity index is 858. The maximum absolute atomic E-state index is 12.7. The molecule has 134 valence electrons. The molecule has 2 N–H and O–H groups in total. The van der Waals surface area contributed by atoms with Crippen LogP contribution in [0.3, 0.4) is 0 Å². The van der Waals surface area contributed by atoms with Crippen molar-refractivity contribution in [2.45, 2.75) is 38.0 Å². The summed E-state index contributed by atoms with van der Waals surface area (Å²) in [6.07, 6.45) is 1.70. The number of hydrogen-bond donors (Lipinski definition) is 2. The predicted molar refractivity (Wildman–Crippen MR) is 104 cm³/mol. The predicted octanol–water partition coefficient (Wildman–Crippen LogP) is 4.62. The lowest BCUT2D eigenvalue weighted by Crippen LogP contribution is -2.19. The molecule has 25 heavy (non-hydrogen) atoms. The van der Waals surface area contributed by atoms with Crippen molar-refractivity contribution in [2.75, 3.05) is 11.1 Å². The lowest BCUT2D eigenvalue weighted by molar-refractivity contribution is -0.113. The van der Waals surface area contributed by atoms with E-state index in [4.69, 9.17) is 23.2 Å². The van der Waals surface area contributed by atoms with Crippen molar-refractivity contribution >= 4 is 46.7 Å². The molecule has 0 fully saturated rings. The molecule has 0 aliphatic carbocycles. The number of amides is 1. The van der Waals surface area contributed by atoms with Crippen molar-refractivity contribution in [1.29, 1.82) is 0 Å². The first kappa shape index (κ1) is 18.4. The fourth-order valence-electron chi connectivity index (χ4n) is 3.13. The Kier molecular flexibility index (Phi) is 5.51. The number of nitrogens with zero attached hydrogens (tertiary/aromatic N) is 1. The number of fused-ring (bicyclic) bond motifs is 1. The van der Waals surface area contributed by atoms with Crippen molar-refractivity contribution in [3.8, 4) is 0 Å². The molecule has 1 amide bonds. The second-order valence-corrected chi connectivity index (χ2v) is 7.89. The van der Waals surface area contributed by atoms with Crippen molar-refractivity contribution < 1.29 is 4.79 Å². The van der Waals surface area contributed by atoms with E-state index in [0.717, 1.165) is 18.4 Å². The minimum absolute atomic E-state index is 0.112. The summed E-state index contributed by atoms with van der Waals surface area (Å²) in [6.45, 7) is 4.11. The van der Waals surface area contributed by atoms with Gasteiger partial charge in [0.25, 0.3) is 5.56 Å². The van der Waals surface area contributed by atoms with Crippen LogP contribution in [0.25, 0.3) is 0 Å². The van der Waals surface area contributed by atoms with Gasteiger partial charge in [0.2, 0.25) is 5.91 Å². The van der Waals surface area contributed by atoms with Gasteiger partial charge in [-0.25, -0.2) is 0 Å². The zero-order valence-electron chi connectivity index (χ0n) is 13.9. The molecule has 1 aliphatic heterocycles. The highest BCUT2D eigenvalue weighted by Crippen LogP contribution is 2.43. The maximum atomic E-state index is 12.7. The number of benzene rings is 1. The molecule has 0 saturated carbocycles. The molecule has 0 saturated heterocycles. The maximum Gasteiger partial charge on any atom is 0.270 e. The third-order valence-electron chi connectivity index (χ3n) is 4.42. The van der Waals surface area contributed by atoms with Gasteiger partial charge in [-0.15, -0.1) is 11.8 Å². The number of nitrogens with one attached hydrogen (secondary N) is 2. The van der Waals surface area contributed by atoms with Gasteiger partial charge in [-0.1, -0.05) is 43.1 Å². The number of halogens is 2. The fraction of sp³-hybridized carbons (Fsp3) is 0.412. The van der Waals surface area contributed by atoms with Crippen molar-refractivity contribution in [3.05, 3.63) is 49.7 Å². The molecular weight excluding hydrogens is 381 g/mol. The first-order valence-corrected chi connectivity index (χ1v) is 9.97. The molecule has 1 aliphatic rings. The van der Waals surface area contributed by atoms with E-state index < -0.39 is 0 Å². The lowest BCUT2D eigenvalue weighted by Gasteiger charge is -2.19. The van der Waals surface area contributed by atoms with Gasteiger partial charge in [-0.3, -0.25) is 19.4 Å². The van der Waals surface area contributed by atoms with Crippen LogP contribution in [0.4, 0.5) is 5.82 Å². The van der Waals surface area contributed by atoms with Crippen LogP contribution in [0.2, 0.25) is 10.0 Å². The molecule has 3 rings (SSSR count). The summed E-state index contributed by atoms with van der Waals surface area (Å²) in [6, 6.07) is 5.33. The normalized spacial score (nSPS) is 17.3. The van der Waals surface area contributed by atoms with Gasteiger partial charge in [0.1, 0.15) is 5.82 Å². The highest BCUT2D eigenvalue weighted by Gasteiger charge is 2.32. The molecule has 1 aromatic heterocycles. The molecule has 2 heterocycles. The van der Waals surface area contributed by atoms with Crippen molar-refractivity contribution in [3.63, 3.8) is 0 Å². The topological polar surface area (TPSA) is 66.9 Å². The molecule has 0 radical (unpaired) electrons. The molecule has 1 unspecified atom stereocenters. The third-order valence-corrected chi connectivity index (χ3v) is 6.23. The summed E-state index contributed by atoms with van der Waals surface area (Å²) in [7, 11) is 0. The Morgan fingerprint density at radius 1 is 1.28 bits per heavy atom. The summed E-state index contributed by atoms with van der Waals surface area (Å²) in [4.78, 5) is 24.9. The molecule has 1 atom stereocenters. The molecule has 8 heteroatoms. The molecular formula is C17H19Cl2N3O2S. The molecule has 0 bridgehead atoms. The minimum atomic E-state index is -0.335. The quantitative estimate of drug-likeness (QED) is 0.787. The Morgan fingerprint density at radius 3 is 2.64 bits per heavy atom. The first-order chi connectivity index (χ1) is 12.0. The van der Waals surface area contributed by atoms with Gasteiger partial charge in [-0.05, 0) is 30.5 Å². The van der Waals surface area contributed by atoms with Crippen LogP contribution in [-0.4, -0.2) is 21.4 Å². The van der Waals surface area contributed by atoms with Gasteiger partial charge in [0, 0.05) is 10.0 Å². The highest BCUT2D eigenvalue weighted by molar-refractivity contribution is 8.00. The van der Waals surface area contributed by atoms with Gasteiger partial charge >= 0.3 is 0 Å². The smallest absolute Gasteiger partial charge is 0.270 e. The lowest BCUT2D eigenvalue weighted by atomic mass is 10.1.